The van der Waals surface area contributed by atoms with Crippen LogP contribution in [0.15, 0.2) is 41.2 Å². The van der Waals surface area contributed by atoms with Gasteiger partial charge in [-0.2, -0.15) is 0 Å². The highest BCUT2D eigenvalue weighted by atomic mass is 32.1. The van der Waals surface area contributed by atoms with Crippen LogP contribution in [0.3, 0.4) is 0 Å². The number of morpholine rings is 1. The average molecular weight is 464 g/mol. The minimum Gasteiger partial charge on any atom is -0.378 e. The van der Waals surface area contributed by atoms with Gasteiger partial charge >= 0.3 is 0 Å². The first-order valence-corrected chi connectivity index (χ1v) is 12.1. The third-order valence-electron chi connectivity index (χ3n) is 6.61. The number of hydrogen-bond donors (Lipinski definition) is 0. The lowest BCUT2D eigenvalue weighted by Crippen LogP contribution is -2.48. The van der Waals surface area contributed by atoms with Crippen molar-refractivity contribution in [2.24, 2.45) is 0 Å². The number of carbonyl (C=O) groups excluding carboxylic acids is 1. The number of aromatic nitrogens is 2. The van der Waals surface area contributed by atoms with E-state index in [0.29, 0.717) is 42.2 Å². The number of para-hydroxylation sites is 1. The molecule has 4 aromatic rings. The fraction of sp³-hybridized carbons (Fsp3) is 0.375. The molecule has 2 saturated heterocycles. The highest BCUT2D eigenvalue weighted by molar-refractivity contribution is 7.24. The molecule has 2 aliphatic heterocycles. The van der Waals surface area contributed by atoms with Crippen molar-refractivity contribution >= 4 is 49.1 Å². The van der Waals surface area contributed by atoms with Crippen LogP contribution in [-0.4, -0.2) is 84.6 Å². The van der Waals surface area contributed by atoms with E-state index < -0.39 is 0 Å². The van der Waals surface area contributed by atoms with Gasteiger partial charge in [-0.15, -0.1) is 11.3 Å². The van der Waals surface area contributed by atoms with E-state index in [1.165, 1.54) is 11.3 Å². The van der Waals surface area contributed by atoms with E-state index >= 15 is 0 Å². The van der Waals surface area contributed by atoms with Crippen LogP contribution in [0.25, 0.3) is 26.1 Å². The minimum atomic E-state index is -0.235. The van der Waals surface area contributed by atoms with Gasteiger partial charge in [0.1, 0.15) is 16.2 Å². The minimum absolute atomic E-state index is 0.184. The number of amides is 1. The Kier molecular flexibility index (Phi) is 5.05. The number of rotatable bonds is 2. The van der Waals surface area contributed by atoms with Gasteiger partial charge in [0.25, 0.3) is 5.91 Å². The van der Waals surface area contributed by atoms with Gasteiger partial charge in [0.15, 0.2) is 5.65 Å². The predicted octanol–water partition coefficient (Wildman–Crippen LogP) is 2.29. The molecule has 0 aliphatic carbocycles. The Labute approximate surface area is 194 Å². The van der Waals surface area contributed by atoms with Gasteiger partial charge in [0.05, 0.1) is 28.8 Å². The number of nitrogens with zero attached hydrogens (tertiary/aromatic N) is 5. The zero-order valence-corrected chi connectivity index (χ0v) is 19.3. The Bertz CT molecular complexity index is 1430. The second-order valence-corrected chi connectivity index (χ2v) is 9.68. The molecular weight excluding hydrogens is 438 g/mol. The van der Waals surface area contributed by atoms with Crippen molar-refractivity contribution < 1.29 is 9.53 Å². The van der Waals surface area contributed by atoms with E-state index in [1.807, 2.05) is 45.7 Å². The Morgan fingerprint density at radius 2 is 1.76 bits per heavy atom. The van der Waals surface area contributed by atoms with Crippen LogP contribution in [0.5, 0.6) is 0 Å². The summed E-state index contributed by atoms with van der Waals surface area (Å²) in [5.41, 5.74) is 1.59. The number of carbonyl (C=O) groups is 1. The summed E-state index contributed by atoms with van der Waals surface area (Å²) < 4.78 is 8.51. The van der Waals surface area contributed by atoms with Crippen molar-refractivity contribution in [3.63, 3.8) is 0 Å². The summed E-state index contributed by atoms with van der Waals surface area (Å²) in [6, 6.07) is 11.7. The molecule has 9 heteroatoms. The van der Waals surface area contributed by atoms with Gasteiger partial charge in [-0.1, -0.05) is 12.1 Å². The molecular formula is C24H25N5O3S. The summed E-state index contributed by atoms with van der Waals surface area (Å²) in [7, 11) is 2.05. The first-order valence-electron chi connectivity index (χ1n) is 11.3. The van der Waals surface area contributed by atoms with Crippen LogP contribution < -0.4 is 10.3 Å². The highest BCUT2D eigenvalue weighted by Crippen LogP contribution is 2.32. The number of fused-ring (bicyclic) bond motifs is 5. The Balaban J connectivity index is 1.60. The second kappa shape index (κ2) is 8.09. The molecule has 2 aliphatic rings. The number of likely N-dealkylation sites (N-methyl/N-ethyl adjacent to an activating group) is 1. The molecule has 170 valence electrons. The van der Waals surface area contributed by atoms with Gasteiger partial charge in [0.2, 0.25) is 5.43 Å². The number of ether oxygens (including phenoxy) is 1. The number of anilines is 1. The molecule has 33 heavy (non-hydrogen) atoms. The van der Waals surface area contributed by atoms with Gasteiger partial charge in [-0.3, -0.25) is 14.0 Å². The van der Waals surface area contributed by atoms with Gasteiger partial charge in [-0.05, 0) is 31.3 Å². The van der Waals surface area contributed by atoms with Gasteiger partial charge in [0, 0.05) is 39.3 Å². The molecule has 1 amide bonds. The van der Waals surface area contributed by atoms with Crippen LogP contribution in [0.4, 0.5) is 5.82 Å². The zero-order valence-electron chi connectivity index (χ0n) is 18.5. The summed E-state index contributed by atoms with van der Waals surface area (Å²) in [5, 5.41) is 0.477. The SMILES string of the molecule is CN1CCN(C(=O)c2c(=O)c3ccc(N4CCOCC4)nc3n3c2sc2ccccc23)CC1. The molecule has 2 fully saturated rings. The highest BCUT2D eigenvalue weighted by Gasteiger charge is 2.28. The number of pyridine rings is 2. The molecule has 0 unspecified atom stereocenters. The van der Waals surface area contributed by atoms with E-state index in [2.05, 4.69) is 16.8 Å². The molecule has 5 heterocycles. The molecule has 3 aromatic heterocycles. The van der Waals surface area contributed by atoms with E-state index in [4.69, 9.17) is 9.72 Å². The molecule has 1 aromatic carbocycles. The third-order valence-corrected chi connectivity index (χ3v) is 7.76. The van der Waals surface area contributed by atoms with Gasteiger partial charge in [-0.25, -0.2) is 4.98 Å². The smallest absolute Gasteiger partial charge is 0.260 e. The van der Waals surface area contributed by atoms with E-state index in [-0.39, 0.29) is 16.9 Å². The molecule has 0 bridgehead atoms. The molecule has 0 atom stereocenters. The number of benzene rings is 1. The first-order chi connectivity index (χ1) is 16.1. The molecule has 0 radical (unpaired) electrons. The Hall–Kier alpha value is -3.01. The maximum absolute atomic E-state index is 13.7. The van der Waals surface area contributed by atoms with Crippen molar-refractivity contribution in [1.82, 2.24) is 19.2 Å². The van der Waals surface area contributed by atoms with Crippen LogP contribution in [0.1, 0.15) is 10.4 Å². The molecule has 8 nitrogen and oxygen atoms in total. The van der Waals surface area contributed by atoms with Crippen LogP contribution >= 0.6 is 11.3 Å². The number of piperazine rings is 1. The predicted molar refractivity (Wildman–Crippen MR) is 131 cm³/mol. The topological polar surface area (TPSA) is 70.4 Å². The normalized spacial score (nSPS) is 18.0. The fourth-order valence-electron chi connectivity index (χ4n) is 4.70. The van der Waals surface area contributed by atoms with E-state index in [9.17, 15) is 9.59 Å². The lowest BCUT2D eigenvalue weighted by molar-refractivity contribution is 0.0665. The third kappa shape index (κ3) is 3.38. The lowest BCUT2D eigenvalue weighted by atomic mass is 10.1. The quantitative estimate of drug-likeness (QED) is 0.454. The summed E-state index contributed by atoms with van der Waals surface area (Å²) in [5.74, 6) is 0.642. The first kappa shape index (κ1) is 20.6. The summed E-state index contributed by atoms with van der Waals surface area (Å²) in [4.78, 5) is 39.1. The van der Waals surface area contributed by atoms with Crippen LogP contribution in [0, 0.1) is 0 Å². The molecule has 6 rings (SSSR count). The maximum atomic E-state index is 13.7. The molecule has 0 spiro atoms. The fourth-order valence-corrected chi connectivity index (χ4v) is 5.88. The standard InChI is InChI=1S/C24H25N5O3S/c1-26-8-10-28(11-9-26)23(31)20-21(30)16-6-7-19(27-12-14-32-15-13-27)25-22(16)29-17-4-2-3-5-18(17)33-24(20)29/h2-7H,8-15H2,1H3. The summed E-state index contributed by atoms with van der Waals surface area (Å²) in [6.45, 7) is 5.71. The number of hydrogen-bond acceptors (Lipinski definition) is 7. The van der Waals surface area contributed by atoms with E-state index in [0.717, 1.165) is 42.2 Å². The van der Waals surface area contributed by atoms with Crippen molar-refractivity contribution in [2.75, 3.05) is 64.4 Å². The Morgan fingerprint density at radius 1 is 1.00 bits per heavy atom. The van der Waals surface area contributed by atoms with Gasteiger partial charge < -0.3 is 19.4 Å². The summed E-state index contributed by atoms with van der Waals surface area (Å²) >= 11 is 1.48. The van der Waals surface area contributed by atoms with E-state index in [1.54, 1.807) is 0 Å². The average Bonchev–Trinajstić information content (AvgIpc) is 3.24. The second-order valence-electron chi connectivity index (χ2n) is 8.65. The molecule has 0 N–H and O–H groups in total. The van der Waals surface area contributed by atoms with Crippen molar-refractivity contribution in [2.45, 2.75) is 0 Å². The Morgan fingerprint density at radius 3 is 2.55 bits per heavy atom. The van der Waals surface area contributed by atoms with Crippen molar-refractivity contribution in [1.29, 1.82) is 0 Å². The number of thiazole rings is 1. The molecule has 0 saturated carbocycles. The van der Waals surface area contributed by atoms with Crippen molar-refractivity contribution in [3.8, 4) is 0 Å². The maximum Gasteiger partial charge on any atom is 0.260 e. The monoisotopic (exact) mass is 463 g/mol. The summed E-state index contributed by atoms with van der Waals surface area (Å²) in [6.07, 6.45) is 0. The van der Waals surface area contributed by atoms with Crippen molar-refractivity contribution in [3.05, 3.63) is 52.2 Å². The van der Waals surface area contributed by atoms with Crippen LogP contribution in [-0.2, 0) is 4.74 Å². The van der Waals surface area contributed by atoms with Crippen LogP contribution in [0.2, 0.25) is 0 Å². The lowest BCUT2D eigenvalue weighted by Gasteiger charge is -2.32. The zero-order chi connectivity index (χ0) is 22.5. The largest absolute Gasteiger partial charge is 0.378 e.